The molecule has 0 radical (unpaired) electrons. The molecule has 0 spiro atoms. The first kappa shape index (κ1) is 28.0. The molecule has 0 aliphatic heterocycles. The smallest absolute Gasteiger partial charge is 0.242 e. The van der Waals surface area contributed by atoms with Crippen molar-refractivity contribution >= 4 is 11.8 Å². The summed E-state index contributed by atoms with van der Waals surface area (Å²) < 4.78 is 16.6. The molecule has 2 atom stereocenters. The molecule has 2 amide bonds. The predicted molar refractivity (Wildman–Crippen MR) is 138 cm³/mol. The largest absolute Gasteiger partial charge is 0.497 e. The number of hydrogen-bond donors (Lipinski definition) is 1. The van der Waals surface area contributed by atoms with Gasteiger partial charge in [-0.15, -0.1) is 0 Å². The summed E-state index contributed by atoms with van der Waals surface area (Å²) in [6.45, 7) is 11.0. The summed E-state index contributed by atoms with van der Waals surface area (Å²) >= 11 is 0. The van der Waals surface area contributed by atoms with Crippen LogP contribution in [0.15, 0.2) is 42.5 Å². The number of aryl methyl sites for hydroxylation is 1. The standard InChI is InChI=1S/C28H40N2O5/c1-7-20(4)29-28(32)21(5)30(19-23-10-14-24(33-6)15-11-23)27(31)17-13-22-12-16-25(34-8-2)26(18-22)35-9-3/h10-12,14-16,18,20-21H,7-9,13,17,19H2,1-6H3,(H,29,32)/t20-,21+/m1/s1. The topological polar surface area (TPSA) is 77.1 Å². The van der Waals surface area contributed by atoms with Crippen molar-refractivity contribution in [3.8, 4) is 17.2 Å². The Morgan fingerprint density at radius 3 is 2.14 bits per heavy atom. The molecule has 0 saturated carbocycles. The lowest BCUT2D eigenvalue weighted by Gasteiger charge is -2.30. The molecular weight excluding hydrogens is 444 g/mol. The van der Waals surface area contributed by atoms with Gasteiger partial charge in [0.15, 0.2) is 11.5 Å². The number of benzene rings is 2. The number of carbonyl (C=O) groups excluding carboxylic acids is 2. The summed E-state index contributed by atoms with van der Waals surface area (Å²) in [6, 6.07) is 12.8. The highest BCUT2D eigenvalue weighted by atomic mass is 16.5. The molecule has 35 heavy (non-hydrogen) atoms. The summed E-state index contributed by atoms with van der Waals surface area (Å²) in [5, 5.41) is 3.00. The van der Waals surface area contributed by atoms with Crippen molar-refractivity contribution in [3.63, 3.8) is 0 Å². The van der Waals surface area contributed by atoms with E-state index in [1.165, 1.54) is 0 Å². The zero-order valence-electron chi connectivity index (χ0n) is 21.9. The number of ether oxygens (including phenoxy) is 3. The van der Waals surface area contributed by atoms with Gasteiger partial charge in [0.25, 0.3) is 0 Å². The highest BCUT2D eigenvalue weighted by Gasteiger charge is 2.26. The van der Waals surface area contributed by atoms with E-state index < -0.39 is 6.04 Å². The monoisotopic (exact) mass is 484 g/mol. The highest BCUT2D eigenvalue weighted by Crippen LogP contribution is 2.29. The summed E-state index contributed by atoms with van der Waals surface area (Å²) in [5.74, 6) is 1.88. The number of carbonyl (C=O) groups is 2. The van der Waals surface area contributed by atoms with Crippen molar-refractivity contribution in [2.75, 3.05) is 20.3 Å². The Morgan fingerprint density at radius 1 is 0.914 bits per heavy atom. The van der Waals surface area contributed by atoms with Gasteiger partial charge >= 0.3 is 0 Å². The normalized spacial score (nSPS) is 12.4. The summed E-state index contributed by atoms with van der Waals surface area (Å²) in [7, 11) is 1.62. The minimum Gasteiger partial charge on any atom is -0.497 e. The van der Waals surface area contributed by atoms with E-state index >= 15 is 0 Å². The van der Waals surface area contributed by atoms with E-state index in [2.05, 4.69) is 5.32 Å². The molecule has 2 aromatic rings. The fourth-order valence-corrected chi connectivity index (χ4v) is 3.62. The molecule has 192 valence electrons. The molecule has 0 aliphatic rings. The minimum atomic E-state index is -0.599. The number of nitrogens with zero attached hydrogens (tertiary/aromatic N) is 1. The summed E-state index contributed by atoms with van der Waals surface area (Å²) in [6.07, 6.45) is 1.63. The van der Waals surface area contributed by atoms with Crippen LogP contribution in [0.2, 0.25) is 0 Å². The van der Waals surface area contributed by atoms with Crippen LogP contribution >= 0.6 is 0 Å². The Bertz CT molecular complexity index is 945. The zero-order valence-corrected chi connectivity index (χ0v) is 21.9. The fraction of sp³-hybridized carbons (Fsp3) is 0.500. The lowest BCUT2D eigenvalue weighted by molar-refractivity contribution is -0.140. The maximum absolute atomic E-state index is 13.4. The Hall–Kier alpha value is -3.22. The van der Waals surface area contributed by atoms with Crippen LogP contribution in [-0.4, -0.2) is 49.1 Å². The van der Waals surface area contributed by atoms with E-state index in [0.29, 0.717) is 37.7 Å². The number of nitrogens with one attached hydrogen (secondary N) is 1. The van der Waals surface area contributed by atoms with Crippen LogP contribution in [0.3, 0.4) is 0 Å². The third-order valence-electron chi connectivity index (χ3n) is 5.92. The molecule has 0 aliphatic carbocycles. The van der Waals surface area contributed by atoms with Crippen LogP contribution in [0.1, 0.15) is 58.6 Å². The van der Waals surface area contributed by atoms with Gasteiger partial charge in [0.05, 0.1) is 20.3 Å². The molecule has 0 aromatic heterocycles. The van der Waals surface area contributed by atoms with Crippen molar-refractivity contribution < 1.29 is 23.8 Å². The second-order valence-electron chi connectivity index (χ2n) is 8.51. The van der Waals surface area contributed by atoms with Gasteiger partial charge in [-0.2, -0.15) is 0 Å². The Balaban J connectivity index is 2.18. The Labute approximate surface area is 209 Å². The summed E-state index contributed by atoms with van der Waals surface area (Å²) in [5.41, 5.74) is 1.91. The average molecular weight is 485 g/mol. The first-order valence-electron chi connectivity index (χ1n) is 12.4. The van der Waals surface area contributed by atoms with Crippen molar-refractivity contribution in [2.24, 2.45) is 0 Å². The number of rotatable bonds is 14. The van der Waals surface area contributed by atoms with Gasteiger partial charge in [-0.1, -0.05) is 25.1 Å². The molecule has 0 unspecified atom stereocenters. The van der Waals surface area contributed by atoms with Crippen molar-refractivity contribution in [1.82, 2.24) is 10.2 Å². The van der Waals surface area contributed by atoms with E-state index in [4.69, 9.17) is 14.2 Å². The molecule has 0 saturated heterocycles. The molecule has 0 bridgehead atoms. The van der Waals surface area contributed by atoms with E-state index in [0.717, 1.165) is 23.3 Å². The highest BCUT2D eigenvalue weighted by molar-refractivity contribution is 5.87. The number of amides is 2. The van der Waals surface area contributed by atoms with Crippen LogP contribution in [0.5, 0.6) is 17.2 Å². The Kier molecular flexibility index (Phi) is 11.4. The first-order chi connectivity index (χ1) is 16.8. The second-order valence-corrected chi connectivity index (χ2v) is 8.51. The maximum atomic E-state index is 13.4. The van der Waals surface area contributed by atoms with Gasteiger partial charge in [-0.25, -0.2) is 0 Å². The van der Waals surface area contributed by atoms with E-state index in [1.54, 1.807) is 18.9 Å². The predicted octanol–water partition coefficient (Wildman–Crippen LogP) is 4.76. The second kappa shape index (κ2) is 14.2. The number of hydrogen-bond acceptors (Lipinski definition) is 5. The van der Waals surface area contributed by atoms with Crippen LogP contribution in [0.4, 0.5) is 0 Å². The van der Waals surface area contributed by atoms with Crippen LogP contribution in [-0.2, 0) is 22.6 Å². The lowest BCUT2D eigenvalue weighted by Crippen LogP contribution is -2.49. The molecule has 0 heterocycles. The van der Waals surface area contributed by atoms with Crippen molar-refractivity contribution in [1.29, 1.82) is 0 Å². The lowest BCUT2D eigenvalue weighted by atomic mass is 10.1. The average Bonchev–Trinajstić information content (AvgIpc) is 2.87. The van der Waals surface area contributed by atoms with Crippen molar-refractivity contribution in [3.05, 3.63) is 53.6 Å². The fourth-order valence-electron chi connectivity index (χ4n) is 3.62. The van der Waals surface area contributed by atoms with Gasteiger partial charge in [0, 0.05) is 19.0 Å². The van der Waals surface area contributed by atoms with Gasteiger partial charge in [-0.05, 0) is 75.9 Å². The zero-order chi connectivity index (χ0) is 25.8. The van der Waals surface area contributed by atoms with Gasteiger partial charge < -0.3 is 24.4 Å². The van der Waals surface area contributed by atoms with E-state index in [9.17, 15) is 9.59 Å². The van der Waals surface area contributed by atoms with Crippen LogP contribution < -0.4 is 19.5 Å². The van der Waals surface area contributed by atoms with E-state index in [-0.39, 0.29) is 24.3 Å². The maximum Gasteiger partial charge on any atom is 0.242 e. The molecule has 1 N–H and O–H groups in total. The third kappa shape index (κ3) is 8.50. The van der Waals surface area contributed by atoms with Gasteiger partial charge in [-0.3, -0.25) is 9.59 Å². The molecular formula is C28H40N2O5. The van der Waals surface area contributed by atoms with Crippen LogP contribution in [0, 0.1) is 0 Å². The first-order valence-corrected chi connectivity index (χ1v) is 12.4. The van der Waals surface area contributed by atoms with Crippen LogP contribution in [0.25, 0.3) is 0 Å². The van der Waals surface area contributed by atoms with E-state index in [1.807, 2.05) is 70.2 Å². The molecule has 2 aromatic carbocycles. The molecule has 7 nitrogen and oxygen atoms in total. The van der Waals surface area contributed by atoms with Gasteiger partial charge in [0.2, 0.25) is 11.8 Å². The molecule has 7 heteroatoms. The van der Waals surface area contributed by atoms with Gasteiger partial charge in [0.1, 0.15) is 11.8 Å². The summed E-state index contributed by atoms with van der Waals surface area (Å²) in [4.78, 5) is 27.9. The quantitative estimate of drug-likeness (QED) is 0.418. The SMILES string of the molecule is CCOc1ccc(CCC(=O)N(Cc2ccc(OC)cc2)[C@@H](C)C(=O)N[C@H](C)CC)cc1OCC. The molecule has 0 fully saturated rings. The molecule has 2 rings (SSSR count). The number of methoxy groups -OCH3 is 1. The minimum absolute atomic E-state index is 0.0451. The third-order valence-corrected chi connectivity index (χ3v) is 5.92. The van der Waals surface area contributed by atoms with Crippen molar-refractivity contribution in [2.45, 2.75) is 72.5 Å². The Morgan fingerprint density at radius 2 is 1.54 bits per heavy atom.